The van der Waals surface area contributed by atoms with Crippen molar-refractivity contribution in [2.24, 2.45) is 0 Å². The Morgan fingerprint density at radius 2 is 2.22 bits per heavy atom. The van der Waals surface area contributed by atoms with Gasteiger partial charge in [-0.05, 0) is 55.8 Å². The Morgan fingerprint density at radius 1 is 1.28 bits per heavy atom. The molecule has 2 N–H and O–H groups in total. The Bertz CT molecular complexity index is 450. The Hall–Kier alpha value is -1.35. The lowest BCUT2D eigenvalue weighted by Crippen LogP contribution is -2.45. The molecule has 0 unspecified atom stereocenters. The summed E-state index contributed by atoms with van der Waals surface area (Å²) in [7, 11) is 0. The number of nitrogens with one attached hydrogen (secondary N) is 2. The number of carbonyl (C=O) groups excluding carboxylic acids is 1. The number of benzene rings is 1. The van der Waals surface area contributed by atoms with Crippen LogP contribution in [0.3, 0.4) is 0 Å². The molecule has 96 valence electrons. The van der Waals surface area contributed by atoms with Gasteiger partial charge >= 0.3 is 0 Å². The average Bonchev–Trinajstić information content (AvgIpc) is 2.87. The first-order valence-electron chi connectivity index (χ1n) is 6.97. The van der Waals surface area contributed by atoms with E-state index in [1.54, 1.807) is 0 Å². The zero-order valence-electron chi connectivity index (χ0n) is 10.7. The average molecular weight is 244 g/mol. The second-order valence-electron chi connectivity index (χ2n) is 5.31. The van der Waals surface area contributed by atoms with Crippen molar-refractivity contribution in [3.05, 3.63) is 34.9 Å². The molecule has 1 fully saturated rings. The number of aryl methyl sites for hydroxylation is 1. The van der Waals surface area contributed by atoms with E-state index in [1.807, 2.05) is 12.1 Å². The summed E-state index contributed by atoms with van der Waals surface area (Å²) in [5.41, 5.74) is 3.54. The van der Waals surface area contributed by atoms with Crippen LogP contribution in [0.4, 0.5) is 0 Å². The van der Waals surface area contributed by atoms with Crippen LogP contribution in [-0.4, -0.2) is 25.0 Å². The van der Waals surface area contributed by atoms with Crippen LogP contribution in [0.15, 0.2) is 18.2 Å². The van der Waals surface area contributed by atoms with Crippen molar-refractivity contribution in [1.29, 1.82) is 0 Å². The smallest absolute Gasteiger partial charge is 0.251 e. The highest BCUT2D eigenvalue weighted by atomic mass is 16.1. The van der Waals surface area contributed by atoms with Gasteiger partial charge in [-0.1, -0.05) is 12.1 Å². The van der Waals surface area contributed by atoms with Gasteiger partial charge in [0, 0.05) is 18.2 Å². The second-order valence-corrected chi connectivity index (χ2v) is 5.31. The van der Waals surface area contributed by atoms with Crippen LogP contribution in [0.25, 0.3) is 0 Å². The number of rotatable bonds is 2. The zero-order valence-corrected chi connectivity index (χ0v) is 10.7. The molecule has 1 aromatic rings. The maximum absolute atomic E-state index is 12.3. The molecule has 0 aromatic heterocycles. The van der Waals surface area contributed by atoms with Crippen molar-refractivity contribution in [2.45, 2.75) is 38.1 Å². The molecule has 0 spiro atoms. The number of amides is 1. The summed E-state index contributed by atoms with van der Waals surface area (Å²) >= 11 is 0. The van der Waals surface area contributed by atoms with Crippen LogP contribution in [-0.2, 0) is 12.8 Å². The molecular formula is C15H20N2O. The first-order chi connectivity index (χ1) is 8.84. The summed E-state index contributed by atoms with van der Waals surface area (Å²) in [6, 6.07) is 6.43. The zero-order chi connectivity index (χ0) is 12.4. The first kappa shape index (κ1) is 11.7. The lowest BCUT2D eigenvalue weighted by Gasteiger charge is -2.24. The van der Waals surface area contributed by atoms with Crippen LogP contribution in [0.1, 0.15) is 40.7 Å². The molecule has 1 aliphatic heterocycles. The van der Waals surface area contributed by atoms with Crippen molar-refractivity contribution >= 4 is 5.91 Å². The van der Waals surface area contributed by atoms with Gasteiger partial charge in [0.25, 0.3) is 5.91 Å². The van der Waals surface area contributed by atoms with E-state index in [1.165, 1.54) is 17.5 Å². The quantitative estimate of drug-likeness (QED) is 0.830. The predicted molar refractivity (Wildman–Crippen MR) is 71.8 cm³/mol. The lowest BCUT2D eigenvalue weighted by molar-refractivity contribution is 0.0930. The third-order valence-electron chi connectivity index (χ3n) is 4.02. The van der Waals surface area contributed by atoms with E-state index in [-0.39, 0.29) is 5.91 Å². The minimum absolute atomic E-state index is 0.113. The second kappa shape index (κ2) is 5.11. The summed E-state index contributed by atoms with van der Waals surface area (Å²) in [5, 5.41) is 6.49. The molecule has 3 rings (SSSR count). The molecule has 0 radical (unpaired) electrons. The molecule has 0 saturated carbocycles. The summed E-state index contributed by atoms with van der Waals surface area (Å²) in [5.74, 6) is 0.113. The number of hydrogen-bond acceptors (Lipinski definition) is 2. The van der Waals surface area contributed by atoms with Crippen molar-refractivity contribution < 1.29 is 4.79 Å². The van der Waals surface area contributed by atoms with Crippen LogP contribution in [0, 0.1) is 0 Å². The molecule has 18 heavy (non-hydrogen) atoms. The highest BCUT2D eigenvalue weighted by molar-refractivity contribution is 5.96. The van der Waals surface area contributed by atoms with Gasteiger partial charge in [-0.2, -0.15) is 0 Å². The molecule has 3 heteroatoms. The lowest BCUT2D eigenvalue weighted by atomic mass is 10.0. The first-order valence-corrected chi connectivity index (χ1v) is 6.97. The van der Waals surface area contributed by atoms with Crippen LogP contribution in [0.2, 0.25) is 0 Å². The van der Waals surface area contributed by atoms with Crippen molar-refractivity contribution in [3.8, 4) is 0 Å². The summed E-state index contributed by atoms with van der Waals surface area (Å²) < 4.78 is 0. The molecule has 1 saturated heterocycles. The highest BCUT2D eigenvalue weighted by Crippen LogP contribution is 2.25. The molecule has 1 aliphatic carbocycles. The molecular weight excluding hydrogens is 224 g/mol. The number of hydrogen-bond donors (Lipinski definition) is 2. The normalized spacial score (nSPS) is 22.6. The van der Waals surface area contributed by atoms with Gasteiger partial charge in [0.05, 0.1) is 0 Å². The third kappa shape index (κ3) is 2.27. The molecule has 1 amide bonds. The Morgan fingerprint density at radius 3 is 3.06 bits per heavy atom. The number of carbonyl (C=O) groups is 1. The topological polar surface area (TPSA) is 41.1 Å². The Kier molecular flexibility index (Phi) is 3.33. The van der Waals surface area contributed by atoms with Gasteiger partial charge in [-0.3, -0.25) is 4.79 Å². The highest BCUT2D eigenvalue weighted by Gasteiger charge is 2.21. The van der Waals surface area contributed by atoms with Gasteiger partial charge < -0.3 is 10.6 Å². The van der Waals surface area contributed by atoms with E-state index in [0.717, 1.165) is 44.3 Å². The van der Waals surface area contributed by atoms with Crippen molar-refractivity contribution in [3.63, 3.8) is 0 Å². The summed E-state index contributed by atoms with van der Waals surface area (Å²) in [6.07, 6.45) is 5.61. The molecule has 0 bridgehead atoms. The van der Waals surface area contributed by atoms with E-state index in [4.69, 9.17) is 0 Å². The fraction of sp³-hybridized carbons (Fsp3) is 0.533. The van der Waals surface area contributed by atoms with Gasteiger partial charge in [0.2, 0.25) is 0 Å². The molecule has 1 aromatic carbocycles. The minimum atomic E-state index is 0.113. The molecule has 3 nitrogen and oxygen atoms in total. The van der Waals surface area contributed by atoms with E-state index in [2.05, 4.69) is 16.7 Å². The predicted octanol–water partition coefficient (Wildman–Crippen LogP) is 1.66. The van der Waals surface area contributed by atoms with Crippen molar-refractivity contribution in [1.82, 2.24) is 10.6 Å². The molecule has 1 atom stereocenters. The fourth-order valence-corrected chi connectivity index (χ4v) is 3.07. The van der Waals surface area contributed by atoms with Crippen LogP contribution < -0.4 is 10.6 Å². The van der Waals surface area contributed by atoms with Gasteiger partial charge in [-0.25, -0.2) is 0 Å². The fourth-order valence-electron chi connectivity index (χ4n) is 3.07. The van der Waals surface area contributed by atoms with E-state index >= 15 is 0 Å². The van der Waals surface area contributed by atoms with Gasteiger partial charge in [0.15, 0.2) is 0 Å². The standard InChI is InChI=1S/C15H20N2O/c18-15(17-12-6-3-9-16-10-12)14-8-2-5-11-4-1-7-13(11)14/h2,5,8,12,16H,1,3-4,6-7,9-10H2,(H,17,18)/t12-/m0/s1. The van der Waals surface area contributed by atoms with E-state index in [0.29, 0.717) is 6.04 Å². The Balaban J connectivity index is 1.74. The van der Waals surface area contributed by atoms with Gasteiger partial charge in [0.1, 0.15) is 0 Å². The van der Waals surface area contributed by atoms with E-state index < -0.39 is 0 Å². The number of piperidine rings is 1. The maximum Gasteiger partial charge on any atom is 0.251 e. The summed E-state index contributed by atoms with van der Waals surface area (Å²) in [4.78, 5) is 12.3. The van der Waals surface area contributed by atoms with Crippen LogP contribution >= 0.6 is 0 Å². The SMILES string of the molecule is O=C(N[C@H]1CCCNC1)c1cccc2c1CCC2. The third-order valence-corrected chi connectivity index (χ3v) is 4.02. The van der Waals surface area contributed by atoms with Crippen molar-refractivity contribution in [2.75, 3.05) is 13.1 Å². The van der Waals surface area contributed by atoms with Crippen LogP contribution in [0.5, 0.6) is 0 Å². The summed E-state index contributed by atoms with van der Waals surface area (Å²) in [6.45, 7) is 1.98. The maximum atomic E-state index is 12.3. The molecule has 1 heterocycles. The minimum Gasteiger partial charge on any atom is -0.348 e. The number of fused-ring (bicyclic) bond motifs is 1. The largest absolute Gasteiger partial charge is 0.348 e. The van der Waals surface area contributed by atoms with Gasteiger partial charge in [-0.15, -0.1) is 0 Å². The Labute approximate surface area is 108 Å². The monoisotopic (exact) mass is 244 g/mol. The van der Waals surface area contributed by atoms with E-state index in [9.17, 15) is 4.79 Å². The molecule has 2 aliphatic rings.